The fourth-order valence-electron chi connectivity index (χ4n) is 12.2. The number of nitrogens with zero attached hydrogens (tertiary/aromatic N) is 4. The van der Waals surface area contributed by atoms with Crippen LogP contribution in [0, 0.1) is 116 Å². The Kier molecular flexibility index (Phi) is 11.0. The van der Waals surface area contributed by atoms with Gasteiger partial charge in [-0.3, -0.25) is 0 Å². The zero-order valence-electron chi connectivity index (χ0n) is 43.3. The number of rotatable bonds is 4. The second-order valence-corrected chi connectivity index (χ2v) is 20.8. The quantitative estimate of drug-likeness (QED) is 0.0798. The number of aromatic amines is 4. The predicted molar refractivity (Wildman–Crippen MR) is 289 cm³/mol. The van der Waals surface area contributed by atoms with Crippen molar-refractivity contribution in [2.75, 3.05) is 0 Å². The SMILES string of the molecule is Fc1c(F)c(F)c(-c2c3nc(c4ccc([nH]4)c(-c4c(F)c(F)c(F)c(F)c4F)c4cc5c6cc7nc6c6c8[nH]c(cc8c8cc2[nH]c8c6c5n4)c(-c2c(F)c(F)c(F)c(F)c2F)c2nc(c4ccc([nH]4)c7-c4c(F)c(F)c(F)c(F)c4F)C=C2)C=C3)c(F)c1F. The van der Waals surface area contributed by atoms with E-state index in [1.54, 1.807) is 0 Å². The fraction of sp³-hybridized carbons (Fsp3) is 0. The molecule has 14 aromatic rings. The molecule has 0 amide bonds. The molecule has 8 aromatic heterocycles. The summed E-state index contributed by atoms with van der Waals surface area (Å²) in [6.07, 6.45) is 4.28. The van der Waals surface area contributed by atoms with Crippen LogP contribution in [0.4, 0.5) is 87.8 Å². The highest BCUT2D eigenvalue weighted by molar-refractivity contribution is 6.39. The fourth-order valence-corrected chi connectivity index (χ4v) is 12.2. The van der Waals surface area contributed by atoms with Gasteiger partial charge < -0.3 is 19.9 Å². The summed E-state index contributed by atoms with van der Waals surface area (Å²) in [6.45, 7) is 0. The normalized spacial score (nSPS) is 12.8. The summed E-state index contributed by atoms with van der Waals surface area (Å²) < 4.78 is 317. The van der Waals surface area contributed by atoms with Gasteiger partial charge in [0.25, 0.3) is 0 Å². The molecule has 444 valence electrons. The van der Waals surface area contributed by atoms with Crippen molar-refractivity contribution in [1.29, 1.82) is 0 Å². The lowest BCUT2D eigenvalue weighted by Crippen LogP contribution is -2.05. The maximum atomic E-state index is 16.6. The summed E-state index contributed by atoms with van der Waals surface area (Å²) in [4.78, 5) is 29.5. The number of hydrogen-bond acceptors (Lipinski definition) is 4. The van der Waals surface area contributed by atoms with Crippen LogP contribution in [0.5, 0.6) is 0 Å². The van der Waals surface area contributed by atoms with E-state index in [1.807, 2.05) is 0 Å². The van der Waals surface area contributed by atoms with Crippen molar-refractivity contribution in [3.05, 3.63) is 188 Å². The minimum atomic E-state index is -2.60. The third-order valence-corrected chi connectivity index (χ3v) is 16.1. The smallest absolute Gasteiger partial charge is 0.200 e. The molecule has 8 nitrogen and oxygen atoms in total. The van der Waals surface area contributed by atoms with Crippen molar-refractivity contribution >= 4 is 123 Å². The average Bonchev–Trinajstić information content (AvgIpc) is 1.52. The number of aromatic nitrogens is 8. The van der Waals surface area contributed by atoms with E-state index in [0.717, 1.165) is 72.8 Å². The number of nitrogens with one attached hydrogen (secondary N) is 4. The zero-order valence-corrected chi connectivity index (χ0v) is 43.3. The monoisotopic (exact) mass is 1250 g/mol. The van der Waals surface area contributed by atoms with Gasteiger partial charge >= 0.3 is 0 Å². The highest BCUT2D eigenvalue weighted by atomic mass is 19.2. The number of hydrogen-bond donors (Lipinski definition) is 4. The van der Waals surface area contributed by atoms with Crippen molar-refractivity contribution in [2.45, 2.75) is 0 Å². The van der Waals surface area contributed by atoms with E-state index >= 15 is 70.2 Å². The van der Waals surface area contributed by atoms with Gasteiger partial charge in [0, 0.05) is 76.6 Å². The lowest BCUT2D eigenvalue weighted by atomic mass is 9.97. The van der Waals surface area contributed by atoms with Crippen LogP contribution < -0.4 is 0 Å². The molecule has 2 aliphatic heterocycles. The summed E-state index contributed by atoms with van der Waals surface area (Å²) in [7, 11) is 0. The first kappa shape index (κ1) is 54.3. The van der Waals surface area contributed by atoms with E-state index in [0.29, 0.717) is 0 Å². The van der Waals surface area contributed by atoms with Crippen LogP contribution in [-0.4, -0.2) is 39.9 Å². The molecule has 4 N–H and O–H groups in total. The molecule has 28 heteroatoms. The van der Waals surface area contributed by atoms with Gasteiger partial charge in [-0.15, -0.1) is 0 Å². The van der Waals surface area contributed by atoms with Gasteiger partial charge in [0.1, 0.15) is 0 Å². The van der Waals surface area contributed by atoms with Gasteiger partial charge in [0.05, 0.1) is 89.2 Å². The Morgan fingerprint density at radius 1 is 0.222 bits per heavy atom. The summed E-state index contributed by atoms with van der Waals surface area (Å²) in [5.74, 6) is -49.5. The Morgan fingerprint density at radius 3 is 0.800 bits per heavy atom. The molecule has 0 spiro atoms. The van der Waals surface area contributed by atoms with Crippen molar-refractivity contribution in [2.24, 2.45) is 0 Å². The second-order valence-electron chi connectivity index (χ2n) is 20.8. The van der Waals surface area contributed by atoms with Crippen LogP contribution in [0.3, 0.4) is 0 Å². The van der Waals surface area contributed by atoms with Crippen LogP contribution in [-0.2, 0) is 0 Å². The molecule has 0 atom stereocenters. The highest BCUT2D eigenvalue weighted by Crippen LogP contribution is 2.50. The molecular formula is C62H16F20N8. The molecule has 0 aliphatic carbocycles. The molecular weight excluding hydrogens is 1240 g/mol. The predicted octanol–water partition coefficient (Wildman–Crippen LogP) is 18.5. The zero-order chi connectivity index (χ0) is 63.0. The second kappa shape index (κ2) is 18.3. The van der Waals surface area contributed by atoms with Crippen molar-refractivity contribution in [1.82, 2.24) is 39.9 Å². The van der Waals surface area contributed by atoms with E-state index in [2.05, 4.69) is 29.9 Å². The lowest BCUT2D eigenvalue weighted by Gasteiger charge is -2.10. The molecule has 6 aromatic carbocycles. The summed E-state index contributed by atoms with van der Waals surface area (Å²) >= 11 is 0. The van der Waals surface area contributed by atoms with E-state index in [-0.39, 0.29) is 44.0 Å². The number of H-pyrrole nitrogens is 4. The largest absolute Gasteiger partial charge is 0.354 e. The minimum absolute atomic E-state index is 0.210. The molecule has 90 heavy (non-hydrogen) atoms. The first-order chi connectivity index (χ1) is 42.9. The summed E-state index contributed by atoms with van der Waals surface area (Å²) in [5, 5.41) is -2.04. The third kappa shape index (κ3) is 6.94. The average molecular weight is 1250 g/mol. The maximum Gasteiger partial charge on any atom is 0.200 e. The Hall–Kier alpha value is -11.1. The van der Waals surface area contributed by atoms with Gasteiger partial charge in [-0.2, -0.15) is 0 Å². The van der Waals surface area contributed by atoms with E-state index in [9.17, 15) is 17.6 Å². The van der Waals surface area contributed by atoms with Gasteiger partial charge in [-0.25, -0.2) is 108 Å². The number of fused-ring (bicyclic) bond motifs is 16. The van der Waals surface area contributed by atoms with Crippen LogP contribution >= 0.6 is 0 Å². The van der Waals surface area contributed by atoms with Crippen LogP contribution in [0.25, 0.3) is 167 Å². The van der Waals surface area contributed by atoms with Gasteiger partial charge in [-0.05, 0) is 72.8 Å². The third-order valence-electron chi connectivity index (χ3n) is 16.1. The topological polar surface area (TPSA) is 115 Å². The number of benzene rings is 6. The van der Waals surface area contributed by atoms with Crippen LogP contribution in [0.1, 0.15) is 22.8 Å². The lowest BCUT2D eigenvalue weighted by molar-refractivity contribution is 0.381. The molecule has 16 rings (SSSR count). The molecule has 16 bridgehead atoms. The first-order valence-corrected chi connectivity index (χ1v) is 25.8. The molecule has 0 radical (unpaired) electrons. The van der Waals surface area contributed by atoms with Crippen molar-refractivity contribution in [3.63, 3.8) is 0 Å². The summed E-state index contributed by atoms with van der Waals surface area (Å²) in [5.41, 5.74) is -17.9. The van der Waals surface area contributed by atoms with Crippen LogP contribution in [0.15, 0.2) is 48.5 Å². The molecule has 0 saturated carbocycles. The molecule has 0 fully saturated rings. The molecule has 0 unspecified atom stereocenters. The summed E-state index contributed by atoms with van der Waals surface area (Å²) in [6, 6.07) is 8.39. The Balaban J connectivity index is 1.24. The Labute approximate surface area is 481 Å². The minimum Gasteiger partial charge on any atom is -0.354 e. The van der Waals surface area contributed by atoms with Gasteiger partial charge in [0.2, 0.25) is 23.3 Å². The van der Waals surface area contributed by atoms with E-state index < -0.39 is 238 Å². The van der Waals surface area contributed by atoms with Crippen molar-refractivity contribution < 1.29 is 87.8 Å². The van der Waals surface area contributed by atoms with Gasteiger partial charge in [0.15, 0.2) is 93.1 Å². The van der Waals surface area contributed by atoms with E-state index in [1.165, 1.54) is 0 Å². The number of halogens is 20. The highest BCUT2D eigenvalue weighted by Gasteiger charge is 2.36. The van der Waals surface area contributed by atoms with Crippen LogP contribution in [0.2, 0.25) is 0 Å². The Bertz CT molecular complexity index is 5520. The Morgan fingerprint density at radius 2 is 0.489 bits per heavy atom. The van der Waals surface area contributed by atoms with Gasteiger partial charge in [-0.1, -0.05) is 0 Å². The standard InChI is InChI=1S/C62H16F20N8/c63-39-33(40(64)48(72)55(79)47(39)71)29-21-5-1-17(83-21)18-2-6-22(84-18)30(34-41(65)49(73)56(80)50(74)42(34)66)26-10-15-16-12-28-32(36-45(69)53(77)58(82)54(78)46(36)70)24-8-4-20(86-24)19-3-7-23(85-19)31(35-43(67)51(75)57(81)52(76)44(35)68)27-11-14-13-9-25(29)87-59(13)37(61(15)88-26)38(60(14)89-27)62(16)90-28/h1-12,83,85,88,90H. The molecule has 0 saturated heterocycles. The van der Waals surface area contributed by atoms with E-state index in [4.69, 9.17) is 9.97 Å². The molecule has 2 aliphatic rings. The molecule has 10 heterocycles. The first-order valence-electron chi connectivity index (χ1n) is 25.8. The van der Waals surface area contributed by atoms with Crippen molar-refractivity contribution in [3.8, 4) is 44.5 Å². The maximum absolute atomic E-state index is 16.6.